The lowest BCUT2D eigenvalue weighted by atomic mass is 9.99. The molecule has 2 rings (SSSR count). The second-order valence-electron chi connectivity index (χ2n) is 8.40. The zero-order valence-electron chi connectivity index (χ0n) is 18.7. The molecule has 2 heterocycles. The Morgan fingerprint density at radius 3 is 1.25 bits per heavy atom. The highest BCUT2D eigenvalue weighted by atomic mass is 14.9. The summed E-state index contributed by atoms with van der Waals surface area (Å²) in [5, 5.41) is 0. The van der Waals surface area contributed by atoms with Gasteiger partial charge < -0.3 is 0 Å². The molecule has 0 saturated carbocycles. The minimum atomic E-state index is 0.797. The van der Waals surface area contributed by atoms with Gasteiger partial charge in [0.25, 0.3) is 0 Å². The highest BCUT2D eigenvalue weighted by molar-refractivity contribution is 5.60. The van der Waals surface area contributed by atoms with E-state index in [4.69, 9.17) is 0 Å². The summed E-state index contributed by atoms with van der Waals surface area (Å²) in [4.78, 5) is 0. The van der Waals surface area contributed by atoms with E-state index >= 15 is 0 Å². The van der Waals surface area contributed by atoms with Crippen molar-refractivity contribution < 1.29 is 9.13 Å². The van der Waals surface area contributed by atoms with Crippen LogP contribution in [0, 0.1) is 11.8 Å². The molecule has 2 aromatic heterocycles. The van der Waals surface area contributed by atoms with Crippen LogP contribution in [0.5, 0.6) is 0 Å². The van der Waals surface area contributed by atoms with Crippen LogP contribution in [0.1, 0.15) is 79.1 Å². The van der Waals surface area contributed by atoms with Crippen LogP contribution in [0.2, 0.25) is 0 Å². The molecule has 0 saturated heterocycles. The molecular formula is C26H42N2+2. The lowest BCUT2D eigenvalue weighted by molar-refractivity contribution is -0.703. The van der Waals surface area contributed by atoms with Gasteiger partial charge in [0.15, 0.2) is 37.9 Å². The van der Waals surface area contributed by atoms with E-state index in [1.54, 1.807) is 0 Å². The average Bonchev–Trinajstić information content (AvgIpc) is 2.75. The number of hydrogen-bond acceptors (Lipinski definition) is 0. The van der Waals surface area contributed by atoms with Gasteiger partial charge in [-0.15, -0.1) is 0 Å². The molecule has 2 heteroatoms. The molecule has 0 N–H and O–H groups in total. The van der Waals surface area contributed by atoms with Gasteiger partial charge in [0.1, 0.15) is 0 Å². The van der Waals surface area contributed by atoms with E-state index in [1.807, 2.05) is 0 Å². The zero-order chi connectivity index (χ0) is 20.2. The summed E-state index contributed by atoms with van der Waals surface area (Å²) in [6.45, 7) is 11.5. The molecule has 0 spiro atoms. The quantitative estimate of drug-likeness (QED) is 0.356. The van der Waals surface area contributed by atoms with Gasteiger partial charge in [-0.3, -0.25) is 0 Å². The molecule has 154 valence electrons. The monoisotopic (exact) mass is 382 g/mol. The van der Waals surface area contributed by atoms with Gasteiger partial charge in [0.2, 0.25) is 0 Å². The minimum Gasteiger partial charge on any atom is -0.205 e. The van der Waals surface area contributed by atoms with E-state index in [1.165, 1.54) is 62.5 Å². The number of unbranched alkanes of at least 4 members (excludes halogenated alkanes) is 2. The molecule has 0 radical (unpaired) electrons. The third-order valence-electron chi connectivity index (χ3n) is 6.14. The summed E-state index contributed by atoms with van der Waals surface area (Å²) >= 11 is 0. The highest BCUT2D eigenvalue weighted by Crippen LogP contribution is 2.18. The molecule has 2 unspecified atom stereocenters. The summed E-state index contributed by atoms with van der Waals surface area (Å²) in [7, 11) is 0. The Hall–Kier alpha value is -1.70. The first kappa shape index (κ1) is 22.6. The van der Waals surface area contributed by atoms with E-state index < -0.39 is 0 Å². The van der Waals surface area contributed by atoms with Gasteiger partial charge in [-0.2, -0.15) is 0 Å². The van der Waals surface area contributed by atoms with Crippen molar-refractivity contribution in [3.05, 3.63) is 49.1 Å². The van der Waals surface area contributed by atoms with Crippen molar-refractivity contribution in [2.24, 2.45) is 11.8 Å². The molecule has 0 aliphatic carbocycles. The van der Waals surface area contributed by atoms with Crippen LogP contribution in [0.4, 0.5) is 0 Å². The number of rotatable bonds is 13. The van der Waals surface area contributed by atoms with E-state index in [0.29, 0.717) is 0 Å². The largest absolute Gasteiger partial charge is 0.205 e. The molecule has 28 heavy (non-hydrogen) atoms. The summed E-state index contributed by atoms with van der Waals surface area (Å²) in [6.07, 6.45) is 19.5. The third-order valence-corrected chi connectivity index (χ3v) is 6.14. The summed E-state index contributed by atoms with van der Waals surface area (Å²) in [5.74, 6) is 1.59. The second kappa shape index (κ2) is 12.7. The zero-order valence-corrected chi connectivity index (χ0v) is 18.7. The van der Waals surface area contributed by atoms with Crippen LogP contribution >= 0.6 is 0 Å². The van der Waals surface area contributed by atoms with E-state index in [-0.39, 0.29) is 0 Å². The van der Waals surface area contributed by atoms with Crippen molar-refractivity contribution in [3.8, 4) is 11.1 Å². The van der Waals surface area contributed by atoms with Gasteiger partial charge in [0.05, 0.1) is 0 Å². The van der Waals surface area contributed by atoms with Gasteiger partial charge >= 0.3 is 0 Å². The number of hydrogen-bond donors (Lipinski definition) is 0. The Morgan fingerprint density at radius 1 is 0.607 bits per heavy atom. The first-order valence-electron chi connectivity index (χ1n) is 11.7. The molecule has 2 nitrogen and oxygen atoms in total. The van der Waals surface area contributed by atoms with Crippen LogP contribution in [-0.2, 0) is 13.1 Å². The van der Waals surface area contributed by atoms with Gasteiger partial charge in [-0.1, -0.05) is 53.4 Å². The van der Waals surface area contributed by atoms with Crippen LogP contribution in [0.3, 0.4) is 0 Å². The molecule has 0 fully saturated rings. The molecular weight excluding hydrogens is 340 g/mol. The van der Waals surface area contributed by atoms with Gasteiger partial charge in [0, 0.05) is 36.1 Å². The van der Waals surface area contributed by atoms with E-state index in [0.717, 1.165) is 24.9 Å². The Labute approximate surface area is 173 Å². The van der Waals surface area contributed by atoms with Gasteiger partial charge in [-0.25, -0.2) is 9.13 Å². The Bertz CT molecular complexity index is 586. The SMILES string of the molecule is CCCCC(CC)C[n+]1ccc(-c2cc[n+](CC(CC)CCCC)cc2)cc1. The second-order valence-corrected chi connectivity index (χ2v) is 8.40. The average molecular weight is 383 g/mol. The molecule has 0 bridgehead atoms. The predicted octanol–water partition coefficient (Wildman–Crippen LogP) is 6.36. The normalized spacial score (nSPS) is 13.4. The maximum atomic E-state index is 2.36. The molecule has 0 aromatic carbocycles. The van der Waals surface area contributed by atoms with Crippen LogP contribution in [-0.4, -0.2) is 0 Å². The van der Waals surface area contributed by atoms with Gasteiger partial charge in [-0.05, 0) is 36.8 Å². The fraction of sp³-hybridized carbons (Fsp3) is 0.615. The predicted molar refractivity (Wildman–Crippen MR) is 119 cm³/mol. The smallest absolute Gasteiger partial charge is 0.169 e. The lowest BCUT2D eigenvalue weighted by Crippen LogP contribution is -2.37. The maximum absolute atomic E-state index is 2.36. The van der Waals surface area contributed by atoms with Crippen molar-refractivity contribution >= 4 is 0 Å². The molecule has 0 aliphatic rings. The van der Waals surface area contributed by atoms with Crippen molar-refractivity contribution in [1.82, 2.24) is 0 Å². The standard InChI is InChI=1S/C26H42N2/c1-5-9-11-23(7-3)21-27-17-13-25(14-18-27)26-15-19-28(20-16-26)22-24(8-4)12-10-6-2/h13-20,23-24H,5-12,21-22H2,1-4H3/q+2. The first-order valence-corrected chi connectivity index (χ1v) is 11.7. The summed E-state index contributed by atoms with van der Waals surface area (Å²) in [6, 6.07) is 9.06. The lowest BCUT2D eigenvalue weighted by Gasteiger charge is -2.11. The number of pyridine rings is 2. The van der Waals surface area contributed by atoms with E-state index in [9.17, 15) is 0 Å². The third kappa shape index (κ3) is 7.37. The summed E-state index contributed by atoms with van der Waals surface area (Å²) in [5.41, 5.74) is 2.62. The molecule has 0 aliphatic heterocycles. The number of nitrogens with zero attached hydrogens (tertiary/aromatic N) is 2. The van der Waals surface area contributed by atoms with Crippen molar-refractivity contribution in [2.45, 2.75) is 92.2 Å². The molecule has 2 aromatic rings. The highest BCUT2D eigenvalue weighted by Gasteiger charge is 2.14. The Morgan fingerprint density at radius 2 is 0.964 bits per heavy atom. The molecule has 2 atom stereocenters. The van der Waals surface area contributed by atoms with Crippen LogP contribution in [0.25, 0.3) is 11.1 Å². The Kier molecular flexibility index (Phi) is 10.2. The van der Waals surface area contributed by atoms with E-state index in [2.05, 4.69) is 85.9 Å². The molecule has 0 amide bonds. The first-order chi connectivity index (χ1) is 13.7. The fourth-order valence-electron chi connectivity index (χ4n) is 3.97. The van der Waals surface area contributed by atoms with Crippen LogP contribution < -0.4 is 9.13 Å². The summed E-state index contributed by atoms with van der Waals surface area (Å²) < 4.78 is 4.71. The Balaban J connectivity index is 1.96. The fourth-order valence-corrected chi connectivity index (χ4v) is 3.97. The number of aromatic nitrogens is 2. The maximum Gasteiger partial charge on any atom is 0.169 e. The van der Waals surface area contributed by atoms with Crippen LogP contribution in [0.15, 0.2) is 49.1 Å². The topological polar surface area (TPSA) is 7.76 Å². The van der Waals surface area contributed by atoms with Crippen molar-refractivity contribution in [1.29, 1.82) is 0 Å². The van der Waals surface area contributed by atoms with Crippen molar-refractivity contribution in [2.75, 3.05) is 0 Å². The van der Waals surface area contributed by atoms with Crippen molar-refractivity contribution in [3.63, 3.8) is 0 Å². The minimum absolute atomic E-state index is 0.797.